The molecule has 1 amide bonds. The van der Waals surface area contributed by atoms with E-state index in [0.29, 0.717) is 16.5 Å². The molecule has 2 heterocycles. The zero-order valence-corrected chi connectivity index (χ0v) is 15.5. The third-order valence-electron chi connectivity index (χ3n) is 3.47. The summed E-state index contributed by atoms with van der Waals surface area (Å²) in [4.78, 5) is 16.3. The predicted molar refractivity (Wildman–Crippen MR) is 97.2 cm³/mol. The average Bonchev–Trinajstić information content (AvgIpc) is 3.25. The molecule has 0 spiro atoms. The number of benzene rings is 1. The van der Waals surface area contributed by atoms with E-state index in [4.69, 9.17) is 0 Å². The fraction of sp³-hybridized carbons (Fsp3) is 0.214. The van der Waals surface area contributed by atoms with Gasteiger partial charge < -0.3 is 5.32 Å². The van der Waals surface area contributed by atoms with Gasteiger partial charge in [-0.3, -0.25) is 9.10 Å². The van der Waals surface area contributed by atoms with Crippen molar-refractivity contribution in [3.63, 3.8) is 0 Å². The van der Waals surface area contributed by atoms with Crippen molar-refractivity contribution < 1.29 is 13.2 Å². The molecular weight excluding hydrogens is 378 g/mol. The monoisotopic (exact) mass is 393 g/mol. The molecule has 12 heteroatoms. The maximum absolute atomic E-state index is 11.9. The number of tetrazole rings is 1. The van der Waals surface area contributed by atoms with Gasteiger partial charge in [0.05, 0.1) is 17.6 Å². The van der Waals surface area contributed by atoms with Gasteiger partial charge in [-0.25, -0.2) is 18.1 Å². The number of anilines is 2. The fourth-order valence-electron chi connectivity index (χ4n) is 2.06. The van der Waals surface area contributed by atoms with Gasteiger partial charge in [0.1, 0.15) is 12.9 Å². The van der Waals surface area contributed by atoms with Crippen molar-refractivity contribution in [3.8, 4) is 11.3 Å². The Labute approximate surface area is 153 Å². The van der Waals surface area contributed by atoms with Gasteiger partial charge in [-0.2, -0.15) is 0 Å². The predicted octanol–water partition coefficient (Wildman–Crippen LogP) is 0.831. The van der Waals surface area contributed by atoms with E-state index in [2.05, 4.69) is 25.8 Å². The smallest absolute Gasteiger partial charge is 0.248 e. The molecule has 0 atom stereocenters. The first kappa shape index (κ1) is 17.9. The van der Waals surface area contributed by atoms with E-state index >= 15 is 0 Å². The first-order valence-electron chi connectivity index (χ1n) is 7.33. The molecule has 1 aromatic carbocycles. The van der Waals surface area contributed by atoms with Gasteiger partial charge in [0.25, 0.3) is 0 Å². The van der Waals surface area contributed by atoms with Crippen molar-refractivity contribution in [3.05, 3.63) is 36.0 Å². The molecule has 2 aromatic heterocycles. The van der Waals surface area contributed by atoms with Gasteiger partial charge in [-0.1, -0.05) is 12.1 Å². The number of amides is 1. The Balaban J connectivity index is 1.68. The first-order chi connectivity index (χ1) is 12.3. The topological polar surface area (TPSA) is 123 Å². The van der Waals surface area contributed by atoms with Crippen molar-refractivity contribution in [1.82, 2.24) is 25.2 Å². The number of nitrogens with one attached hydrogen (secondary N) is 1. The van der Waals surface area contributed by atoms with Gasteiger partial charge in [-0.05, 0) is 22.6 Å². The number of thiazole rings is 1. The van der Waals surface area contributed by atoms with Crippen LogP contribution in [0.4, 0.5) is 10.8 Å². The lowest BCUT2D eigenvalue weighted by atomic mass is 10.1. The van der Waals surface area contributed by atoms with E-state index in [1.807, 2.05) is 5.38 Å². The van der Waals surface area contributed by atoms with Crippen LogP contribution < -0.4 is 9.62 Å². The molecule has 1 N–H and O–H groups in total. The van der Waals surface area contributed by atoms with E-state index in [9.17, 15) is 13.2 Å². The quantitative estimate of drug-likeness (QED) is 0.658. The normalized spacial score (nSPS) is 11.3. The van der Waals surface area contributed by atoms with E-state index < -0.39 is 10.0 Å². The highest BCUT2D eigenvalue weighted by Gasteiger charge is 2.13. The van der Waals surface area contributed by atoms with Crippen LogP contribution in [0.3, 0.4) is 0 Å². The van der Waals surface area contributed by atoms with Crippen molar-refractivity contribution in [2.45, 2.75) is 6.54 Å². The number of carbonyl (C=O) groups is 1. The van der Waals surface area contributed by atoms with Gasteiger partial charge in [0.2, 0.25) is 15.9 Å². The SMILES string of the molecule is CN(c1ccc(-c2csc(NC(=O)Cn3cnnn3)n2)cc1)S(C)(=O)=O. The first-order valence-corrected chi connectivity index (χ1v) is 10.1. The number of nitrogens with zero attached hydrogens (tertiary/aromatic N) is 6. The molecule has 0 saturated carbocycles. The molecular formula is C14H15N7O3S2. The van der Waals surface area contributed by atoms with E-state index in [1.54, 1.807) is 24.3 Å². The second kappa shape index (κ2) is 7.17. The summed E-state index contributed by atoms with van der Waals surface area (Å²) in [7, 11) is -1.82. The summed E-state index contributed by atoms with van der Waals surface area (Å²) in [5.74, 6) is -0.289. The molecule has 0 aliphatic carbocycles. The zero-order valence-electron chi connectivity index (χ0n) is 13.9. The standard InChI is InChI=1S/C14H15N7O3S2/c1-20(26(2,23)24)11-5-3-10(4-6-11)12-8-25-14(16-12)17-13(22)7-21-9-15-18-19-21/h3-6,8-9H,7H2,1-2H3,(H,16,17,22). The Morgan fingerprint density at radius 2 is 2.04 bits per heavy atom. The minimum absolute atomic E-state index is 0.00552. The number of hydrogen-bond acceptors (Lipinski definition) is 8. The molecule has 0 saturated heterocycles. The van der Waals surface area contributed by atoms with Gasteiger partial charge in [0, 0.05) is 18.0 Å². The summed E-state index contributed by atoms with van der Waals surface area (Å²) in [6.07, 6.45) is 2.49. The van der Waals surface area contributed by atoms with E-state index in [0.717, 1.165) is 11.8 Å². The number of carbonyl (C=O) groups excluding carboxylic acids is 1. The van der Waals surface area contributed by atoms with Crippen LogP contribution >= 0.6 is 11.3 Å². The molecule has 0 aliphatic heterocycles. The molecule has 3 aromatic rings. The average molecular weight is 393 g/mol. The van der Waals surface area contributed by atoms with Gasteiger partial charge >= 0.3 is 0 Å². The van der Waals surface area contributed by atoms with Crippen molar-refractivity contribution >= 4 is 38.1 Å². The molecule has 136 valence electrons. The largest absolute Gasteiger partial charge is 0.300 e. The van der Waals surface area contributed by atoms with Crippen LogP contribution in [-0.4, -0.2) is 52.8 Å². The van der Waals surface area contributed by atoms with Crippen LogP contribution in [0, 0.1) is 0 Å². The van der Waals surface area contributed by atoms with Crippen molar-refractivity contribution in [1.29, 1.82) is 0 Å². The van der Waals surface area contributed by atoms with E-state index in [-0.39, 0.29) is 12.5 Å². The van der Waals surface area contributed by atoms with Crippen LogP contribution in [0.2, 0.25) is 0 Å². The summed E-state index contributed by atoms with van der Waals surface area (Å²) < 4.78 is 25.6. The van der Waals surface area contributed by atoms with Gasteiger partial charge in [-0.15, -0.1) is 16.4 Å². The number of aromatic nitrogens is 5. The highest BCUT2D eigenvalue weighted by atomic mass is 32.2. The maximum atomic E-state index is 11.9. The molecule has 0 aliphatic rings. The third-order valence-corrected chi connectivity index (χ3v) is 5.44. The Morgan fingerprint density at radius 3 is 2.65 bits per heavy atom. The molecule has 0 radical (unpaired) electrons. The van der Waals surface area contributed by atoms with Crippen LogP contribution in [-0.2, 0) is 21.4 Å². The minimum Gasteiger partial charge on any atom is -0.300 e. The van der Waals surface area contributed by atoms with Gasteiger partial charge in [0.15, 0.2) is 5.13 Å². The summed E-state index contributed by atoms with van der Waals surface area (Å²) in [5.41, 5.74) is 2.05. The number of sulfonamides is 1. The molecule has 10 nitrogen and oxygen atoms in total. The highest BCUT2D eigenvalue weighted by molar-refractivity contribution is 7.92. The molecule has 0 unspecified atom stereocenters. The molecule has 0 bridgehead atoms. The summed E-state index contributed by atoms with van der Waals surface area (Å²) in [6.45, 7) is -0.00552. The highest BCUT2D eigenvalue weighted by Crippen LogP contribution is 2.27. The molecule has 26 heavy (non-hydrogen) atoms. The second-order valence-corrected chi connectivity index (χ2v) is 8.24. The Kier molecular flexibility index (Phi) is 4.95. The molecule has 3 rings (SSSR count). The molecule has 0 fully saturated rings. The van der Waals surface area contributed by atoms with Crippen molar-refractivity contribution in [2.75, 3.05) is 22.9 Å². The third kappa shape index (κ3) is 4.21. The van der Waals surface area contributed by atoms with E-state index in [1.165, 1.54) is 33.7 Å². The van der Waals surface area contributed by atoms with Crippen molar-refractivity contribution in [2.24, 2.45) is 0 Å². The van der Waals surface area contributed by atoms with Crippen LogP contribution in [0.25, 0.3) is 11.3 Å². The zero-order chi connectivity index (χ0) is 18.7. The van der Waals surface area contributed by atoms with Crippen LogP contribution in [0.15, 0.2) is 36.0 Å². The summed E-state index contributed by atoms with van der Waals surface area (Å²) in [5, 5.41) is 15.5. The minimum atomic E-state index is -3.31. The second-order valence-electron chi connectivity index (χ2n) is 5.37. The number of hydrogen-bond donors (Lipinski definition) is 1. The summed E-state index contributed by atoms with van der Waals surface area (Å²) in [6, 6.07) is 6.95. The lowest BCUT2D eigenvalue weighted by molar-refractivity contribution is -0.116. The Hall–Kier alpha value is -2.86. The fourth-order valence-corrected chi connectivity index (χ4v) is 3.30. The van der Waals surface area contributed by atoms with Crippen LogP contribution in [0.5, 0.6) is 0 Å². The lowest BCUT2D eigenvalue weighted by Crippen LogP contribution is -2.24. The number of rotatable bonds is 6. The Bertz CT molecular complexity index is 998. The maximum Gasteiger partial charge on any atom is 0.248 e. The summed E-state index contributed by atoms with van der Waals surface area (Å²) >= 11 is 1.29. The van der Waals surface area contributed by atoms with Crippen LogP contribution in [0.1, 0.15) is 0 Å². The lowest BCUT2D eigenvalue weighted by Gasteiger charge is -2.16. The Morgan fingerprint density at radius 1 is 1.31 bits per heavy atom.